The molecule has 1 amide bonds. The van der Waals surface area contributed by atoms with Crippen LogP contribution in [0, 0.1) is 0 Å². The summed E-state index contributed by atoms with van der Waals surface area (Å²) in [7, 11) is 0. The summed E-state index contributed by atoms with van der Waals surface area (Å²) in [4.78, 5) is 39.9. The number of nitrogens with two attached hydrogens (primary N) is 1. The van der Waals surface area contributed by atoms with E-state index in [1.54, 1.807) is 32.9 Å². The van der Waals surface area contributed by atoms with Crippen LogP contribution in [0.25, 0.3) is 0 Å². The van der Waals surface area contributed by atoms with Gasteiger partial charge in [-0.3, -0.25) is 9.69 Å². The van der Waals surface area contributed by atoms with Gasteiger partial charge in [-0.1, -0.05) is 41.0 Å². The highest BCUT2D eigenvalue weighted by Gasteiger charge is 2.49. The number of hydrogen-bond acceptors (Lipinski definition) is 7. The van der Waals surface area contributed by atoms with Gasteiger partial charge in [0.1, 0.15) is 5.82 Å². The van der Waals surface area contributed by atoms with E-state index in [0.717, 1.165) is 0 Å². The van der Waals surface area contributed by atoms with Gasteiger partial charge < -0.3 is 15.2 Å². The molecule has 160 valence electrons. The van der Waals surface area contributed by atoms with Crippen molar-refractivity contribution in [1.29, 1.82) is 0 Å². The fourth-order valence-electron chi connectivity index (χ4n) is 3.39. The normalized spacial score (nSPS) is 21.1. The van der Waals surface area contributed by atoms with Gasteiger partial charge >= 0.3 is 11.9 Å². The molecule has 1 aromatic rings. The van der Waals surface area contributed by atoms with Crippen LogP contribution >= 0.6 is 35.0 Å². The van der Waals surface area contributed by atoms with Gasteiger partial charge in [-0.05, 0) is 38.5 Å². The lowest BCUT2D eigenvalue weighted by Gasteiger charge is -2.33. The lowest BCUT2D eigenvalue weighted by Crippen LogP contribution is -2.40. The molecule has 0 aliphatic carbocycles. The Morgan fingerprint density at radius 1 is 1.13 bits per heavy atom. The highest BCUT2D eigenvalue weighted by atomic mass is 35.5. The van der Waals surface area contributed by atoms with Gasteiger partial charge in [-0.2, -0.15) is 0 Å². The van der Waals surface area contributed by atoms with Crippen LogP contribution in [-0.4, -0.2) is 41.2 Å². The van der Waals surface area contributed by atoms with Crippen molar-refractivity contribution in [3.05, 3.63) is 55.8 Å². The summed E-state index contributed by atoms with van der Waals surface area (Å²) in [6.45, 7) is 5.21. The average molecular weight is 471 g/mol. The average Bonchev–Trinajstić information content (AvgIpc) is 2.96. The zero-order chi connectivity index (χ0) is 22.2. The molecule has 2 atom stereocenters. The molecule has 0 aromatic heterocycles. The smallest absolute Gasteiger partial charge is 0.338 e. The summed E-state index contributed by atoms with van der Waals surface area (Å²) < 4.78 is 10.5. The number of thioether (sulfide) groups is 1. The molecule has 0 radical (unpaired) electrons. The van der Waals surface area contributed by atoms with Crippen LogP contribution in [0.2, 0.25) is 10.0 Å². The third-order valence-corrected chi connectivity index (χ3v) is 6.39. The van der Waals surface area contributed by atoms with E-state index in [2.05, 4.69) is 0 Å². The summed E-state index contributed by atoms with van der Waals surface area (Å²) >= 11 is 13.7. The van der Waals surface area contributed by atoms with Crippen LogP contribution < -0.4 is 5.73 Å². The Kier molecular flexibility index (Phi) is 6.69. The summed E-state index contributed by atoms with van der Waals surface area (Å²) in [6, 6.07) is 4.71. The maximum Gasteiger partial charge on any atom is 0.338 e. The Morgan fingerprint density at radius 2 is 1.73 bits per heavy atom. The Hall–Kier alpha value is -2.16. The molecule has 0 spiro atoms. The molecule has 2 aliphatic rings. The minimum absolute atomic E-state index is 0.0454. The second kappa shape index (κ2) is 8.91. The minimum atomic E-state index is -0.982. The van der Waals surface area contributed by atoms with E-state index in [-0.39, 0.29) is 41.1 Å². The summed E-state index contributed by atoms with van der Waals surface area (Å²) in [5.74, 6) is -2.82. The van der Waals surface area contributed by atoms with Gasteiger partial charge in [0.05, 0.1) is 40.6 Å². The van der Waals surface area contributed by atoms with Crippen LogP contribution in [0.4, 0.5) is 0 Å². The van der Waals surface area contributed by atoms with Crippen molar-refractivity contribution in [1.82, 2.24) is 4.90 Å². The van der Waals surface area contributed by atoms with E-state index in [1.165, 1.54) is 22.7 Å². The third-order valence-electron chi connectivity index (χ3n) is 4.65. The standard InChI is InChI=1S/C20H20Cl2N2O5S/c1-4-28-19(26)14-13(11-7-6-10(21)8-12(11)22)15(20(27)29-5-2)18-24(16(14)23)17(25)9(3)30-18/h6-9,13H,4-5,23H2,1-3H3/t9-,13+/m0/s1. The monoisotopic (exact) mass is 470 g/mol. The van der Waals surface area contributed by atoms with E-state index in [4.69, 9.17) is 38.4 Å². The molecule has 7 nitrogen and oxygen atoms in total. The predicted molar refractivity (Wildman–Crippen MR) is 115 cm³/mol. The van der Waals surface area contributed by atoms with Gasteiger partial charge in [0, 0.05) is 10.0 Å². The molecule has 0 bridgehead atoms. The second-order valence-corrected chi connectivity index (χ2v) is 8.66. The molecule has 1 saturated heterocycles. The Morgan fingerprint density at radius 3 is 2.30 bits per heavy atom. The number of nitrogens with zero attached hydrogens (tertiary/aromatic N) is 1. The Labute approximate surface area is 188 Å². The van der Waals surface area contributed by atoms with Crippen molar-refractivity contribution in [3.8, 4) is 0 Å². The first kappa shape index (κ1) is 22.5. The number of benzene rings is 1. The predicted octanol–water partition coefficient (Wildman–Crippen LogP) is 3.56. The molecule has 0 unspecified atom stereocenters. The fourth-order valence-corrected chi connectivity index (χ4v) is 5.07. The van der Waals surface area contributed by atoms with Crippen LogP contribution in [0.3, 0.4) is 0 Å². The van der Waals surface area contributed by atoms with Crippen LogP contribution in [0.1, 0.15) is 32.3 Å². The number of fused-ring (bicyclic) bond motifs is 1. The number of halogens is 2. The molecular weight excluding hydrogens is 451 g/mol. The van der Waals surface area contributed by atoms with Gasteiger partial charge in [0.15, 0.2) is 0 Å². The lowest BCUT2D eigenvalue weighted by atomic mass is 9.82. The molecular formula is C20H20Cl2N2O5S. The summed E-state index contributed by atoms with van der Waals surface area (Å²) in [6.07, 6.45) is 0. The van der Waals surface area contributed by atoms with Gasteiger partial charge in [-0.15, -0.1) is 0 Å². The number of esters is 2. The maximum absolute atomic E-state index is 13.0. The van der Waals surface area contributed by atoms with Crippen molar-refractivity contribution < 1.29 is 23.9 Å². The number of ether oxygens (including phenoxy) is 2. The van der Waals surface area contributed by atoms with Gasteiger partial charge in [0.2, 0.25) is 5.91 Å². The van der Waals surface area contributed by atoms with Crippen molar-refractivity contribution in [2.24, 2.45) is 5.73 Å². The number of carbonyl (C=O) groups excluding carboxylic acids is 3. The Bertz CT molecular complexity index is 991. The van der Waals surface area contributed by atoms with Crippen LogP contribution in [0.5, 0.6) is 0 Å². The zero-order valence-electron chi connectivity index (χ0n) is 16.5. The number of amides is 1. The Balaban J connectivity index is 2.33. The topological polar surface area (TPSA) is 98.9 Å². The molecule has 2 aliphatic heterocycles. The van der Waals surface area contributed by atoms with Crippen molar-refractivity contribution >= 4 is 52.8 Å². The first-order valence-electron chi connectivity index (χ1n) is 9.26. The second-order valence-electron chi connectivity index (χ2n) is 6.49. The number of hydrogen-bond donors (Lipinski definition) is 1. The highest BCUT2D eigenvalue weighted by Crippen LogP contribution is 2.50. The maximum atomic E-state index is 13.0. The fraction of sp³-hybridized carbons (Fsp3) is 0.350. The van der Waals surface area contributed by atoms with Crippen molar-refractivity contribution in [3.63, 3.8) is 0 Å². The van der Waals surface area contributed by atoms with Gasteiger partial charge in [-0.25, -0.2) is 9.59 Å². The van der Waals surface area contributed by atoms with Crippen LogP contribution in [-0.2, 0) is 23.9 Å². The number of rotatable bonds is 5. The van der Waals surface area contributed by atoms with Crippen LogP contribution in [0.15, 0.2) is 40.2 Å². The SMILES string of the molecule is CCOC(=O)C1=C(N)N2C(=O)[C@H](C)SC2=C(C(=O)OCC)[C@@H]1c1ccc(Cl)cc1Cl. The molecule has 1 aromatic carbocycles. The molecule has 2 N–H and O–H groups in total. The highest BCUT2D eigenvalue weighted by molar-refractivity contribution is 8.04. The van der Waals surface area contributed by atoms with Crippen molar-refractivity contribution in [2.45, 2.75) is 31.9 Å². The largest absolute Gasteiger partial charge is 0.463 e. The molecule has 30 heavy (non-hydrogen) atoms. The van der Waals surface area contributed by atoms with E-state index < -0.39 is 23.1 Å². The molecule has 1 fully saturated rings. The first-order chi connectivity index (χ1) is 14.2. The molecule has 0 saturated carbocycles. The van der Waals surface area contributed by atoms with E-state index in [9.17, 15) is 14.4 Å². The summed E-state index contributed by atoms with van der Waals surface area (Å²) in [5, 5.41) is 0.457. The summed E-state index contributed by atoms with van der Waals surface area (Å²) in [5.41, 5.74) is 6.80. The third kappa shape index (κ3) is 3.79. The van der Waals surface area contributed by atoms with E-state index in [0.29, 0.717) is 15.6 Å². The lowest BCUT2D eigenvalue weighted by molar-refractivity contribution is -0.139. The molecule has 10 heteroatoms. The number of carbonyl (C=O) groups is 3. The first-order valence-corrected chi connectivity index (χ1v) is 10.9. The molecule has 3 rings (SSSR count). The molecule has 2 heterocycles. The van der Waals surface area contributed by atoms with E-state index >= 15 is 0 Å². The zero-order valence-corrected chi connectivity index (χ0v) is 18.9. The van der Waals surface area contributed by atoms with E-state index in [1.807, 2.05) is 0 Å². The quantitative estimate of drug-likeness (QED) is 0.656. The minimum Gasteiger partial charge on any atom is -0.463 e. The van der Waals surface area contributed by atoms with Crippen molar-refractivity contribution in [2.75, 3.05) is 13.2 Å². The van der Waals surface area contributed by atoms with Gasteiger partial charge in [0.25, 0.3) is 0 Å².